The minimum Gasteiger partial charge on any atom is -0.361 e. The van der Waals surface area contributed by atoms with Crippen molar-refractivity contribution in [2.45, 2.75) is 31.6 Å². The number of benzene rings is 2. The molecule has 1 saturated heterocycles. The van der Waals surface area contributed by atoms with Crippen LogP contribution in [0.1, 0.15) is 36.3 Å². The third kappa shape index (κ3) is 3.63. The SMILES string of the molecule is O=C(CCc1ccccc1)N1CCC(c2c[nH]c3ccc(Cl)cc23)CC1. The molecule has 4 heteroatoms. The van der Waals surface area contributed by atoms with E-state index in [1.165, 1.54) is 16.5 Å². The van der Waals surface area contributed by atoms with Crippen molar-refractivity contribution >= 4 is 28.4 Å². The maximum atomic E-state index is 12.5. The molecule has 0 unspecified atom stereocenters. The van der Waals surface area contributed by atoms with Gasteiger partial charge >= 0.3 is 0 Å². The number of amides is 1. The number of halogens is 1. The lowest BCUT2D eigenvalue weighted by Gasteiger charge is -2.32. The van der Waals surface area contributed by atoms with Crippen molar-refractivity contribution < 1.29 is 4.79 Å². The molecule has 1 fully saturated rings. The summed E-state index contributed by atoms with van der Waals surface area (Å²) < 4.78 is 0. The standard InChI is InChI=1S/C22H23ClN2O/c23-18-7-8-21-19(14-18)20(15-24-21)17-10-12-25(13-11-17)22(26)9-6-16-4-2-1-3-5-16/h1-5,7-8,14-15,17,24H,6,9-13H2. The molecule has 1 aromatic heterocycles. The minimum atomic E-state index is 0.272. The van der Waals surface area contributed by atoms with E-state index in [2.05, 4.69) is 23.3 Å². The van der Waals surface area contributed by atoms with Crippen LogP contribution in [0.25, 0.3) is 10.9 Å². The van der Waals surface area contributed by atoms with Gasteiger partial charge in [-0.05, 0) is 54.5 Å². The number of aromatic amines is 1. The van der Waals surface area contributed by atoms with Gasteiger partial charge in [-0.15, -0.1) is 0 Å². The Morgan fingerprint density at radius 2 is 1.88 bits per heavy atom. The third-order valence-electron chi connectivity index (χ3n) is 5.43. The molecule has 1 aliphatic heterocycles. The lowest BCUT2D eigenvalue weighted by molar-refractivity contribution is -0.132. The summed E-state index contributed by atoms with van der Waals surface area (Å²) in [5, 5.41) is 1.98. The molecule has 4 rings (SSSR count). The number of rotatable bonds is 4. The maximum absolute atomic E-state index is 12.5. The number of aryl methyl sites for hydroxylation is 1. The fourth-order valence-corrected chi connectivity index (χ4v) is 4.12. The Kier molecular flexibility index (Phi) is 4.98. The topological polar surface area (TPSA) is 36.1 Å². The van der Waals surface area contributed by atoms with E-state index >= 15 is 0 Å². The molecule has 1 aliphatic rings. The first-order valence-corrected chi connectivity index (χ1v) is 9.67. The van der Waals surface area contributed by atoms with E-state index in [1.807, 2.05) is 41.3 Å². The summed E-state index contributed by atoms with van der Waals surface area (Å²) in [4.78, 5) is 17.9. The average molecular weight is 367 g/mol. The summed E-state index contributed by atoms with van der Waals surface area (Å²) in [5.41, 5.74) is 3.69. The lowest BCUT2D eigenvalue weighted by Crippen LogP contribution is -2.38. The van der Waals surface area contributed by atoms with Crippen LogP contribution in [0.5, 0.6) is 0 Å². The molecule has 2 aromatic carbocycles. The Bertz CT molecular complexity index is 895. The normalized spacial score (nSPS) is 15.5. The fraction of sp³-hybridized carbons (Fsp3) is 0.318. The molecule has 0 aliphatic carbocycles. The highest BCUT2D eigenvalue weighted by Gasteiger charge is 2.25. The first kappa shape index (κ1) is 17.2. The zero-order valence-electron chi connectivity index (χ0n) is 14.7. The molecule has 3 aromatic rings. The van der Waals surface area contributed by atoms with E-state index < -0.39 is 0 Å². The molecule has 2 heterocycles. The number of carbonyl (C=O) groups excluding carboxylic acids is 1. The number of nitrogens with one attached hydrogen (secondary N) is 1. The predicted molar refractivity (Wildman–Crippen MR) is 107 cm³/mol. The Labute approximate surface area is 159 Å². The van der Waals surface area contributed by atoms with Crippen LogP contribution in [-0.4, -0.2) is 28.9 Å². The Morgan fingerprint density at radius 3 is 2.65 bits per heavy atom. The van der Waals surface area contributed by atoms with Crippen LogP contribution in [0.4, 0.5) is 0 Å². The van der Waals surface area contributed by atoms with Crippen LogP contribution in [0, 0.1) is 0 Å². The molecule has 1 amide bonds. The lowest BCUT2D eigenvalue weighted by atomic mass is 9.89. The van der Waals surface area contributed by atoms with Crippen molar-refractivity contribution in [2.24, 2.45) is 0 Å². The largest absolute Gasteiger partial charge is 0.361 e. The second-order valence-electron chi connectivity index (χ2n) is 7.07. The van der Waals surface area contributed by atoms with Crippen molar-refractivity contribution in [1.29, 1.82) is 0 Å². The van der Waals surface area contributed by atoms with Gasteiger partial charge < -0.3 is 9.88 Å². The number of piperidine rings is 1. The van der Waals surface area contributed by atoms with E-state index in [1.54, 1.807) is 0 Å². The van der Waals surface area contributed by atoms with Crippen molar-refractivity contribution in [1.82, 2.24) is 9.88 Å². The quantitative estimate of drug-likeness (QED) is 0.680. The summed E-state index contributed by atoms with van der Waals surface area (Å²) in [7, 11) is 0. The molecule has 134 valence electrons. The van der Waals surface area contributed by atoms with Crippen molar-refractivity contribution in [3.63, 3.8) is 0 Å². The second-order valence-corrected chi connectivity index (χ2v) is 7.51. The van der Waals surface area contributed by atoms with E-state index in [0.717, 1.165) is 42.9 Å². The Morgan fingerprint density at radius 1 is 1.12 bits per heavy atom. The van der Waals surface area contributed by atoms with Crippen LogP contribution in [-0.2, 0) is 11.2 Å². The summed E-state index contributed by atoms with van der Waals surface area (Å²) in [6.45, 7) is 1.68. The first-order valence-electron chi connectivity index (χ1n) is 9.29. The van der Waals surface area contributed by atoms with E-state index in [4.69, 9.17) is 11.6 Å². The molecule has 0 saturated carbocycles. The van der Waals surface area contributed by atoms with Gasteiger partial charge in [-0.25, -0.2) is 0 Å². The number of hydrogen-bond acceptors (Lipinski definition) is 1. The molecule has 0 bridgehead atoms. The number of fused-ring (bicyclic) bond motifs is 1. The molecule has 0 atom stereocenters. The Balaban J connectivity index is 1.36. The Hall–Kier alpha value is -2.26. The van der Waals surface area contributed by atoms with Gasteiger partial charge in [-0.2, -0.15) is 0 Å². The van der Waals surface area contributed by atoms with Crippen LogP contribution < -0.4 is 0 Å². The summed E-state index contributed by atoms with van der Waals surface area (Å²) >= 11 is 6.17. The molecule has 26 heavy (non-hydrogen) atoms. The predicted octanol–water partition coefficient (Wildman–Crippen LogP) is 5.16. The maximum Gasteiger partial charge on any atom is 0.222 e. The van der Waals surface area contributed by atoms with Gasteiger partial charge in [0.2, 0.25) is 5.91 Å². The fourth-order valence-electron chi connectivity index (χ4n) is 3.95. The number of H-pyrrole nitrogens is 1. The van der Waals surface area contributed by atoms with E-state index in [9.17, 15) is 4.79 Å². The highest BCUT2D eigenvalue weighted by molar-refractivity contribution is 6.31. The highest BCUT2D eigenvalue weighted by atomic mass is 35.5. The van der Waals surface area contributed by atoms with Gasteiger partial charge in [0.1, 0.15) is 0 Å². The molecule has 1 N–H and O–H groups in total. The zero-order valence-corrected chi connectivity index (χ0v) is 15.5. The molecule has 0 radical (unpaired) electrons. The van der Waals surface area contributed by atoms with E-state index in [-0.39, 0.29) is 5.91 Å². The average Bonchev–Trinajstić information content (AvgIpc) is 3.10. The monoisotopic (exact) mass is 366 g/mol. The van der Waals surface area contributed by atoms with E-state index in [0.29, 0.717) is 12.3 Å². The number of likely N-dealkylation sites (tertiary alicyclic amines) is 1. The van der Waals surface area contributed by atoms with Gasteiger partial charge in [-0.3, -0.25) is 4.79 Å². The highest BCUT2D eigenvalue weighted by Crippen LogP contribution is 2.34. The molecular formula is C22H23ClN2O. The summed E-state index contributed by atoms with van der Waals surface area (Å²) in [6, 6.07) is 16.2. The van der Waals surface area contributed by atoms with Crippen LogP contribution >= 0.6 is 11.6 Å². The van der Waals surface area contributed by atoms with Crippen molar-refractivity contribution in [3.8, 4) is 0 Å². The van der Waals surface area contributed by atoms with Crippen LogP contribution in [0.15, 0.2) is 54.7 Å². The van der Waals surface area contributed by atoms with Gasteiger partial charge in [0.15, 0.2) is 0 Å². The number of hydrogen-bond donors (Lipinski definition) is 1. The first-order chi connectivity index (χ1) is 12.7. The second kappa shape index (κ2) is 7.55. The van der Waals surface area contributed by atoms with Gasteiger partial charge in [0.25, 0.3) is 0 Å². The van der Waals surface area contributed by atoms with Gasteiger partial charge in [-0.1, -0.05) is 41.9 Å². The van der Waals surface area contributed by atoms with Gasteiger partial charge in [0, 0.05) is 41.6 Å². The summed E-state index contributed by atoms with van der Waals surface area (Å²) in [6.07, 6.45) is 5.55. The number of carbonyl (C=O) groups is 1. The smallest absolute Gasteiger partial charge is 0.222 e. The van der Waals surface area contributed by atoms with Crippen LogP contribution in [0.2, 0.25) is 5.02 Å². The molecule has 0 spiro atoms. The number of nitrogens with zero attached hydrogens (tertiary/aromatic N) is 1. The minimum absolute atomic E-state index is 0.272. The van der Waals surface area contributed by atoms with Crippen LogP contribution in [0.3, 0.4) is 0 Å². The third-order valence-corrected chi connectivity index (χ3v) is 5.67. The number of aromatic nitrogens is 1. The van der Waals surface area contributed by atoms with Crippen molar-refractivity contribution in [2.75, 3.05) is 13.1 Å². The van der Waals surface area contributed by atoms with Crippen molar-refractivity contribution in [3.05, 3.63) is 70.9 Å². The summed E-state index contributed by atoms with van der Waals surface area (Å²) in [5.74, 6) is 0.759. The zero-order chi connectivity index (χ0) is 17.9. The van der Waals surface area contributed by atoms with Gasteiger partial charge in [0.05, 0.1) is 0 Å². The molecule has 3 nitrogen and oxygen atoms in total. The molecular weight excluding hydrogens is 344 g/mol.